The Kier molecular flexibility index (Phi) is 3.69. The Balaban J connectivity index is 2.40. The van der Waals surface area contributed by atoms with Crippen molar-refractivity contribution < 1.29 is 27.9 Å². The molecule has 2 amide bonds. The number of carbonyl (C=O) groups excluding carboxylic acids is 2. The second-order valence-electron chi connectivity index (χ2n) is 4.26. The number of fused-ring (bicyclic) bond motifs is 1. The Morgan fingerprint density at radius 3 is 2.57 bits per heavy atom. The summed E-state index contributed by atoms with van der Waals surface area (Å²) >= 11 is 0. The van der Waals surface area contributed by atoms with Crippen molar-refractivity contribution in [2.24, 2.45) is 0 Å². The molecule has 0 fully saturated rings. The first kappa shape index (κ1) is 15.0. The van der Waals surface area contributed by atoms with Crippen LogP contribution in [0.25, 0.3) is 0 Å². The van der Waals surface area contributed by atoms with Gasteiger partial charge in [0.05, 0.1) is 5.56 Å². The molecule has 0 saturated heterocycles. The lowest BCUT2D eigenvalue weighted by Gasteiger charge is -2.11. The average Bonchev–Trinajstić information content (AvgIpc) is 2.62. The topological polar surface area (TPSA) is 121 Å². The second-order valence-corrected chi connectivity index (χ2v) is 6.09. The van der Waals surface area contributed by atoms with Gasteiger partial charge in [-0.15, -0.1) is 0 Å². The highest BCUT2D eigenvalue weighted by Crippen LogP contribution is 2.30. The molecule has 0 radical (unpaired) electrons. The molecular formula is C12H12N2O6S. The van der Waals surface area contributed by atoms with E-state index in [1.54, 1.807) is 0 Å². The number of aliphatic carboxylic acids is 1. The van der Waals surface area contributed by atoms with Crippen molar-refractivity contribution in [2.45, 2.75) is 11.8 Å². The number of carboxylic acid groups (broad SMARTS) is 1. The fraction of sp³-hybridized carbons (Fsp3) is 0.250. The summed E-state index contributed by atoms with van der Waals surface area (Å²) in [6, 6.07) is 3.61. The van der Waals surface area contributed by atoms with E-state index in [2.05, 4.69) is 5.32 Å². The number of amides is 2. The Morgan fingerprint density at radius 1 is 1.33 bits per heavy atom. The van der Waals surface area contributed by atoms with E-state index in [0.717, 1.165) is 10.4 Å². The van der Waals surface area contributed by atoms with Crippen molar-refractivity contribution in [3.8, 4) is 0 Å². The van der Waals surface area contributed by atoms with Crippen LogP contribution in [-0.4, -0.2) is 48.7 Å². The van der Waals surface area contributed by atoms with E-state index in [9.17, 15) is 22.8 Å². The lowest BCUT2D eigenvalue weighted by Crippen LogP contribution is -2.29. The maximum atomic E-state index is 12.1. The summed E-state index contributed by atoms with van der Waals surface area (Å²) in [5.41, 5.74) is -0.0176. The minimum absolute atomic E-state index is 0.00358. The Bertz CT molecular complexity index is 740. The number of carboxylic acids is 1. The molecule has 1 heterocycles. The van der Waals surface area contributed by atoms with Gasteiger partial charge in [0.15, 0.2) is 0 Å². The highest BCUT2D eigenvalue weighted by Gasteiger charge is 2.40. The summed E-state index contributed by atoms with van der Waals surface area (Å²) in [6.45, 7) is 0.945. The van der Waals surface area contributed by atoms with E-state index in [-0.39, 0.29) is 22.6 Å². The number of nitrogens with zero attached hydrogens (tertiary/aromatic N) is 1. The van der Waals surface area contributed by atoms with Crippen molar-refractivity contribution >= 4 is 27.8 Å². The minimum Gasteiger partial charge on any atom is -0.480 e. The zero-order chi connectivity index (χ0) is 15.8. The monoisotopic (exact) mass is 312 g/mol. The number of rotatable bonds is 4. The third-order valence-corrected chi connectivity index (χ3v) is 4.85. The van der Waals surface area contributed by atoms with Crippen LogP contribution in [-0.2, 0) is 14.8 Å². The van der Waals surface area contributed by atoms with Gasteiger partial charge in [0.2, 0.25) is 0 Å². The van der Waals surface area contributed by atoms with Crippen molar-refractivity contribution in [1.82, 2.24) is 9.62 Å². The SMILES string of the molecule is CCN1C(=O)c2ccc(C(=O)NCC(=O)O)cc2S1(=O)=O. The first-order valence-electron chi connectivity index (χ1n) is 6.00. The zero-order valence-electron chi connectivity index (χ0n) is 11.0. The first-order chi connectivity index (χ1) is 9.78. The van der Waals surface area contributed by atoms with Crippen LogP contribution in [0.3, 0.4) is 0 Å². The van der Waals surface area contributed by atoms with Gasteiger partial charge in [-0.2, -0.15) is 0 Å². The van der Waals surface area contributed by atoms with E-state index < -0.39 is 34.4 Å². The lowest BCUT2D eigenvalue weighted by atomic mass is 10.1. The summed E-state index contributed by atoms with van der Waals surface area (Å²) in [5.74, 6) is -2.58. The standard InChI is InChI=1S/C12H12N2O6S/c1-2-14-12(18)8-4-3-7(5-9(8)21(14,19)20)11(17)13-6-10(15)16/h3-5H,2,6H2,1H3,(H,13,17)(H,15,16). The van der Waals surface area contributed by atoms with E-state index in [0.29, 0.717) is 0 Å². The summed E-state index contributed by atoms with van der Waals surface area (Å²) in [4.78, 5) is 33.8. The molecule has 8 nitrogen and oxygen atoms in total. The molecular weight excluding hydrogens is 300 g/mol. The molecule has 1 aliphatic rings. The van der Waals surface area contributed by atoms with E-state index >= 15 is 0 Å². The number of benzene rings is 1. The number of hydrogen-bond donors (Lipinski definition) is 2. The van der Waals surface area contributed by atoms with Gasteiger partial charge in [0, 0.05) is 12.1 Å². The van der Waals surface area contributed by atoms with Crippen LogP contribution in [0.1, 0.15) is 27.6 Å². The Morgan fingerprint density at radius 2 is 2.00 bits per heavy atom. The van der Waals surface area contributed by atoms with Crippen LogP contribution < -0.4 is 5.32 Å². The molecule has 1 aliphatic heterocycles. The molecule has 2 N–H and O–H groups in total. The van der Waals surface area contributed by atoms with E-state index in [1.807, 2.05) is 0 Å². The zero-order valence-corrected chi connectivity index (χ0v) is 11.8. The molecule has 1 aromatic rings. The van der Waals surface area contributed by atoms with Crippen LogP contribution in [0, 0.1) is 0 Å². The third kappa shape index (κ3) is 2.47. The van der Waals surface area contributed by atoms with E-state index in [4.69, 9.17) is 5.11 Å². The quantitative estimate of drug-likeness (QED) is 0.785. The molecule has 0 aromatic heterocycles. The molecule has 0 atom stereocenters. The lowest BCUT2D eigenvalue weighted by molar-refractivity contribution is -0.135. The first-order valence-corrected chi connectivity index (χ1v) is 7.44. The molecule has 9 heteroatoms. The van der Waals surface area contributed by atoms with Gasteiger partial charge in [-0.3, -0.25) is 14.4 Å². The van der Waals surface area contributed by atoms with Crippen molar-refractivity contribution in [1.29, 1.82) is 0 Å². The number of carbonyl (C=O) groups is 3. The minimum atomic E-state index is -3.95. The molecule has 112 valence electrons. The molecule has 0 unspecified atom stereocenters. The third-order valence-electron chi connectivity index (χ3n) is 2.96. The average molecular weight is 312 g/mol. The van der Waals surface area contributed by atoms with Crippen molar-refractivity contribution in [3.05, 3.63) is 29.3 Å². The molecule has 0 aliphatic carbocycles. The number of nitrogens with one attached hydrogen (secondary N) is 1. The van der Waals surface area contributed by atoms with Crippen LogP contribution in [0.2, 0.25) is 0 Å². The van der Waals surface area contributed by atoms with Gasteiger partial charge in [0.25, 0.3) is 21.8 Å². The maximum Gasteiger partial charge on any atom is 0.322 e. The molecule has 1 aromatic carbocycles. The van der Waals surface area contributed by atoms with Gasteiger partial charge in [-0.1, -0.05) is 0 Å². The highest BCUT2D eigenvalue weighted by molar-refractivity contribution is 7.90. The Hall–Kier alpha value is -2.42. The van der Waals surface area contributed by atoms with Crippen molar-refractivity contribution in [2.75, 3.05) is 13.1 Å². The molecule has 2 rings (SSSR count). The van der Waals surface area contributed by atoms with Crippen LogP contribution in [0.4, 0.5) is 0 Å². The highest BCUT2D eigenvalue weighted by atomic mass is 32.2. The van der Waals surface area contributed by atoms with Crippen molar-refractivity contribution in [3.63, 3.8) is 0 Å². The molecule has 21 heavy (non-hydrogen) atoms. The summed E-state index contributed by atoms with van der Waals surface area (Å²) in [6.07, 6.45) is 0. The normalized spacial score (nSPS) is 15.7. The van der Waals surface area contributed by atoms with Gasteiger partial charge in [-0.25, -0.2) is 12.7 Å². The largest absolute Gasteiger partial charge is 0.480 e. The van der Waals surface area contributed by atoms with Crippen LogP contribution >= 0.6 is 0 Å². The fourth-order valence-electron chi connectivity index (χ4n) is 1.99. The predicted molar refractivity (Wildman–Crippen MR) is 70.3 cm³/mol. The Labute approximate surface area is 120 Å². The molecule has 0 saturated carbocycles. The molecule has 0 spiro atoms. The summed E-state index contributed by atoms with van der Waals surface area (Å²) in [5, 5.41) is 10.6. The summed E-state index contributed by atoms with van der Waals surface area (Å²) < 4.78 is 25.0. The van der Waals surface area contributed by atoms with Gasteiger partial charge >= 0.3 is 5.97 Å². The maximum absolute atomic E-state index is 12.1. The fourth-order valence-corrected chi connectivity index (χ4v) is 3.59. The summed E-state index contributed by atoms with van der Waals surface area (Å²) in [7, 11) is -3.95. The predicted octanol–water partition coefficient (Wildman–Crippen LogP) is -0.335. The van der Waals surface area contributed by atoms with Gasteiger partial charge < -0.3 is 10.4 Å². The van der Waals surface area contributed by atoms with Gasteiger partial charge in [-0.05, 0) is 25.1 Å². The van der Waals surface area contributed by atoms with E-state index in [1.165, 1.54) is 19.1 Å². The van der Waals surface area contributed by atoms with Crippen LogP contribution in [0.15, 0.2) is 23.1 Å². The van der Waals surface area contributed by atoms with Crippen LogP contribution in [0.5, 0.6) is 0 Å². The smallest absolute Gasteiger partial charge is 0.322 e. The number of sulfonamides is 1. The second kappa shape index (κ2) is 5.17. The van der Waals surface area contributed by atoms with Gasteiger partial charge in [0.1, 0.15) is 11.4 Å². The molecule has 0 bridgehead atoms. The number of hydrogen-bond acceptors (Lipinski definition) is 5.